The molecule has 0 fully saturated rings. The summed E-state index contributed by atoms with van der Waals surface area (Å²) in [6.07, 6.45) is 4.94. The Morgan fingerprint density at radius 1 is 1.54 bits per heavy atom. The first kappa shape index (κ1) is 10.3. The smallest absolute Gasteiger partial charge is 0.133 e. The number of unbranched alkanes of at least 4 members (excludes halogenated alkanes) is 1. The van der Waals surface area contributed by atoms with Crippen LogP contribution in [-0.4, -0.2) is 5.16 Å². The molecule has 0 N–H and O–H groups in total. The molecule has 0 aliphatic carbocycles. The Morgan fingerprint density at radius 3 is 2.85 bits per heavy atom. The first-order chi connectivity index (χ1) is 6.22. The highest BCUT2D eigenvalue weighted by molar-refractivity contribution is 5.03. The molecule has 0 radical (unpaired) electrons. The van der Waals surface area contributed by atoms with Crippen molar-refractivity contribution in [3.8, 4) is 0 Å². The number of aromatic nitrogens is 1. The molecule has 0 amide bonds. The SMILES string of the molecule is CCCCC(C)Cc1cc(C)on1. The van der Waals surface area contributed by atoms with E-state index in [1.807, 2.05) is 13.0 Å². The minimum Gasteiger partial charge on any atom is -0.361 e. The van der Waals surface area contributed by atoms with Gasteiger partial charge in [-0.2, -0.15) is 0 Å². The second kappa shape index (κ2) is 5.05. The van der Waals surface area contributed by atoms with E-state index in [0.717, 1.165) is 23.8 Å². The Bertz CT molecular complexity index is 242. The van der Waals surface area contributed by atoms with E-state index in [4.69, 9.17) is 4.52 Å². The zero-order valence-electron chi connectivity index (χ0n) is 8.84. The molecular weight excluding hydrogens is 162 g/mol. The van der Waals surface area contributed by atoms with Gasteiger partial charge in [0.15, 0.2) is 0 Å². The Labute approximate surface area is 80.3 Å². The third-order valence-corrected chi connectivity index (χ3v) is 2.28. The third-order valence-electron chi connectivity index (χ3n) is 2.28. The molecule has 2 nitrogen and oxygen atoms in total. The quantitative estimate of drug-likeness (QED) is 0.696. The maximum Gasteiger partial charge on any atom is 0.133 e. The van der Waals surface area contributed by atoms with Crippen LogP contribution in [0, 0.1) is 12.8 Å². The summed E-state index contributed by atoms with van der Waals surface area (Å²) in [5.41, 5.74) is 1.10. The van der Waals surface area contributed by atoms with Crippen LogP contribution in [0.15, 0.2) is 10.6 Å². The Hall–Kier alpha value is -0.790. The van der Waals surface area contributed by atoms with Crippen molar-refractivity contribution in [3.63, 3.8) is 0 Å². The Morgan fingerprint density at radius 2 is 2.31 bits per heavy atom. The molecule has 0 saturated heterocycles. The minimum atomic E-state index is 0.726. The fraction of sp³-hybridized carbons (Fsp3) is 0.727. The van der Waals surface area contributed by atoms with Gasteiger partial charge >= 0.3 is 0 Å². The van der Waals surface area contributed by atoms with Gasteiger partial charge in [0.2, 0.25) is 0 Å². The van der Waals surface area contributed by atoms with Crippen LogP contribution in [-0.2, 0) is 6.42 Å². The van der Waals surface area contributed by atoms with E-state index in [2.05, 4.69) is 19.0 Å². The Balaban J connectivity index is 2.31. The molecule has 2 heteroatoms. The first-order valence-electron chi connectivity index (χ1n) is 5.14. The summed E-state index contributed by atoms with van der Waals surface area (Å²) in [5, 5.41) is 3.99. The van der Waals surface area contributed by atoms with Gasteiger partial charge in [0.25, 0.3) is 0 Å². The van der Waals surface area contributed by atoms with Gasteiger partial charge in [-0.15, -0.1) is 0 Å². The summed E-state index contributed by atoms with van der Waals surface area (Å²) >= 11 is 0. The van der Waals surface area contributed by atoms with Crippen molar-refractivity contribution in [2.45, 2.75) is 46.5 Å². The Kier molecular flexibility index (Phi) is 4.00. The van der Waals surface area contributed by atoms with Crippen molar-refractivity contribution < 1.29 is 4.52 Å². The molecule has 74 valence electrons. The molecule has 1 rings (SSSR count). The second-order valence-corrected chi connectivity index (χ2v) is 3.88. The van der Waals surface area contributed by atoms with Crippen LogP contribution in [0.2, 0.25) is 0 Å². The van der Waals surface area contributed by atoms with E-state index in [1.54, 1.807) is 0 Å². The highest BCUT2D eigenvalue weighted by Gasteiger charge is 2.06. The van der Waals surface area contributed by atoms with Gasteiger partial charge in [0.1, 0.15) is 5.76 Å². The zero-order chi connectivity index (χ0) is 9.68. The molecule has 1 heterocycles. The van der Waals surface area contributed by atoms with E-state index in [0.29, 0.717) is 0 Å². The number of hydrogen-bond acceptors (Lipinski definition) is 2. The average Bonchev–Trinajstić information content (AvgIpc) is 2.48. The predicted octanol–water partition coefficient (Wildman–Crippen LogP) is 3.35. The standard InChI is InChI=1S/C11H19NO/c1-4-5-6-9(2)7-11-8-10(3)13-12-11/h8-9H,4-7H2,1-3H3. The molecule has 1 unspecified atom stereocenters. The number of nitrogens with zero attached hydrogens (tertiary/aromatic N) is 1. The monoisotopic (exact) mass is 181 g/mol. The van der Waals surface area contributed by atoms with Crippen molar-refractivity contribution in [1.29, 1.82) is 0 Å². The summed E-state index contributed by atoms with van der Waals surface area (Å²) in [5.74, 6) is 1.64. The molecule has 0 saturated carbocycles. The fourth-order valence-corrected chi connectivity index (χ4v) is 1.53. The second-order valence-electron chi connectivity index (χ2n) is 3.88. The maximum absolute atomic E-state index is 5.02. The van der Waals surface area contributed by atoms with Gasteiger partial charge < -0.3 is 4.52 Å². The molecule has 13 heavy (non-hydrogen) atoms. The molecule has 1 atom stereocenters. The number of aryl methyl sites for hydroxylation is 1. The van der Waals surface area contributed by atoms with Crippen LogP contribution < -0.4 is 0 Å². The molecule has 0 aromatic carbocycles. The molecule has 0 aliphatic heterocycles. The minimum absolute atomic E-state index is 0.726. The summed E-state index contributed by atoms with van der Waals surface area (Å²) in [6.45, 7) is 6.44. The van der Waals surface area contributed by atoms with E-state index in [9.17, 15) is 0 Å². The van der Waals surface area contributed by atoms with Crippen LogP contribution in [0.25, 0.3) is 0 Å². The van der Waals surface area contributed by atoms with Gasteiger partial charge in [-0.25, -0.2) is 0 Å². The van der Waals surface area contributed by atoms with Crippen molar-refractivity contribution in [1.82, 2.24) is 5.16 Å². The lowest BCUT2D eigenvalue weighted by Crippen LogP contribution is -1.99. The van der Waals surface area contributed by atoms with Crippen LogP contribution in [0.4, 0.5) is 0 Å². The largest absolute Gasteiger partial charge is 0.361 e. The topological polar surface area (TPSA) is 26.0 Å². The molecule has 0 aliphatic rings. The highest BCUT2D eigenvalue weighted by atomic mass is 16.5. The molecule has 1 aromatic heterocycles. The van der Waals surface area contributed by atoms with E-state index < -0.39 is 0 Å². The molecule has 1 aromatic rings. The lowest BCUT2D eigenvalue weighted by atomic mass is 9.99. The van der Waals surface area contributed by atoms with Crippen LogP contribution in [0.1, 0.15) is 44.6 Å². The summed E-state index contributed by atoms with van der Waals surface area (Å²) in [4.78, 5) is 0. The lowest BCUT2D eigenvalue weighted by molar-refractivity contribution is 0.383. The van der Waals surface area contributed by atoms with E-state index in [-0.39, 0.29) is 0 Å². The number of rotatable bonds is 5. The van der Waals surface area contributed by atoms with Gasteiger partial charge in [0, 0.05) is 6.07 Å². The predicted molar refractivity (Wildman–Crippen MR) is 53.6 cm³/mol. The number of hydrogen-bond donors (Lipinski definition) is 0. The molecule has 0 bridgehead atoms. The van der Waals surface area contributed by atoms with Crippen molar-refractivity contribution in [3.05, 3.63) is 17.5 Å². The van der Waals surface area contributed by atoms with Crippen LogP contribution >= 0.6 is 0 Å². The lowest BCUT2D eigenvalue weighted by Gasteiger charge is -2.06. The first-order valence-corrected chi connectivity index (χ1v) is 5.14. The third kappa shape index (κ3) is 3.62. The van der Waals surface area contributed by atoms with Crippen molar-refractivity contribution in [2.24, 2.45) is 5.92 Å². The van der Waals surface area contributed by atoms with Gasteiger partial charge in [-0.1, -0.05) is 38.3 Å². The van der Waals surface area contributed by atoms with Gasteiger partial charge in [-0.05, 0) is 19.3 Å². The van der Waals surface area contributed by atoms with E-state index >= 15 is 0 Å². The summed E-state index contributed by atoms with van der Waals surface area (Å²) < 4.78 is 5.02. The van der Waals surface area contributed by atoms with Crippen LogP contribution in [0.3, 0.4) is 0 Å². The maximum atomic E-state index is 5.02. The van der Waals surface area contributed by atoms with Gasteiger partial charge in [0.05, 0.1) is 5.69 Å². The summed E-state index contributed by atoms with van der Waals surface area (Å²) in [6, 6.07) is 2.03. The van der Waals surface area contributed by atoms with E-state index in [1.165, 1.54) is 19.3 Å². The highest BCUT2D eigenvalue weighted by Crippen LogP contribution is 2.14. The zero-order valence-corrected chi connectivity index (χ0v) is 8.84. The molecule has 0 spiro atoms. The summed E-state index contributed by atoms with van der Waals surface area (Å²) in [7, 11) is 0. The van der Waals surface area contributed by atoms with Crippen LogP contribution in [0.5, 0.6) is 0 Å². The normalized spacial score (nSPS) is 13.2. The molecular formula is C11H19NO. The van der Waals surface area contributed by atoms with Gasteiger partial charge in [-0.3, -0.25) is 0 Å². The van der Waals surface area contributed by atoms with Crippen molar-refractivity contribution >= 4 is 0 Å². The fourth-order valence-electron chi connectivity index (χ4n) is 1.53. The average molecular weight is 181 g/mol. The van der Waals surface area contributed by atoms with Crippen molar-refractivity contribution in [2.75, 3.05) is 0 Å².